The van der Waals surface area contributed by atoms with Crippen molar-refractivity contribution in [2.75, 3.05) is 52.4 Å². The fourth-order valence-electron chi connectivity index (χ4n) is 5.40. The molecule has 0 aliphatic carbocycles. The third-order valence-electron chi connectivity index (χ3n) is 7.90. The summed E-state index contributed by atoms with van der Waals surface area (Å²) < 4.78 is 11.4. The Hall–Kier alpha value is -4.34. The van der Waals surface area contributed by atoms with Crippen LogP contribution < -0.4 is 26.3 Å². The number of carbonyl (C=O) groups excluding carboxylic acids is 1. The van der Waals surface area contributed by atoms with Gasteiger partial charge in [0.05, 0.1) is 34.4 Å². The molecule has 0 aliphatic rings. The largest absolute Gasteiger partial charge is 0.497 e. The number of likely N-dealkylation sites (N-methyl/N-ethyl adjacent to an activating group) is 1. The normalized spacial score (nSPS) is 12.0. The molecule has 5 N–H and O–H groups in total. The molecule has 1 heterocycles. The van der Waals surface area contributed by atoms with Gasteiger partial charge in [-0.1, -0.05) is 66.2 Å². The van der Waals surface area contributed by atoms with Crippen LogP contribution in [0.2, 0.25) is 5.15 Å². The van der Waals surface area contributed by atoms with E-state index in [2.05, 4.69) is 46.6 Å². The fourth-order valence-corrected chi connectivity index (χ4v) is 5.53. The molecule has 0 radical (unpaired) electrons. The van der Waals surface area contributed by atoms with E-state index in [1.807, 2.05) is 54.6 Å². The summed E-state index contributed by atoms with van der Waals surface area (Å²) in [6, 6.07) is 26.1. The number of methoxy groups -OCH3 is 2. The van der Waals surface area contributed by atoms with Crippen molar-refractivity contribution in [3.8, 4) is 11.5 Å². The highest BCUT2D eigenvalue weighted by molar-refractivity contribution is 6.31. The molecular formula is C34H42ClN6O3+. The Balaban J connectivity index is 1.54. The number of benzene rings is 3. The third kappa shape index (κ3) is 9.08. The minimum atomic E-state index is -0.450. The highest BCUT2D eigenvalue weighted by Gasteiger charge is 2.30. The maximum absolute atomic E-state index is 13.5. The van der Waals surface area contributed by atoms with E-state index in [1.54, 1.807) is 14.2 Å². The van der Waals surface area contributed by atoms with Gasteiger partial charge in [-0.15, -0.1) is 0 Å². The highest BCUT2D eigenvalue weighted by atomic mass is 35.5. The molecule has 1 atom stereocenters. The predicted molar refractivity (Wildman–Crippen MR) is 176 cm³/mol. The first-order chi connectivity index (χ1) is 21.2. The van der Waals surface area contributed by atoms with Crippen LogP contribution in [0.4, 0.5) is 11.6 Å². The van der Waals surface area contributed by atoms with Crippen molar-refractivity contribution < 1.29 is 18.8 Å². The van der Waals surface area contributed by atoms with Gasteiger partial charge in [-0.3, -0.25) is 4.79 Å². The maximum atomic E-state index is 13.5. The van der Waals surface area contributed by atoms with E-state index in [1.165, 1.54) is 11.1 Å². The average Bonchev–Trinajstić information content (AvgIpc) is 3.03. The highest BCUT2D eigenvalue weighted by Crippen LogP contribution is 2.23. The van der Waals surface area contributed by atoms with Crippen molar-refractivity contribution in [2.24, 2.45) is 0 Å². The second-order valence-electron chi connectivity index (χ2n) is 11.2. The molecular weight excluding hydrogens is 576 g/mol. The van der Waals surface area contributed by atoms with E-state index < -0.39 is 5.91 Å². The number of rotatable bonds is 15. The number of ether oxygens (including phenoxy) is 2. The number of carbonyl (C=O) groups is 1. The molecule has 4 aromatic rings. The Bertz CT molecular complexity index is 1450. The lowest BCUT2D eigenvalue weighted by atomic mass is 10.0. The van der Waals surface area contributed by atoms with Gasteiger partial charge in [-0.2, -0.15) is 0 Å². The molecule has 0 spiro atoms. The van der Waals surface area contributed by atoms with Crippen LogP contribution in [0.3, 0.4) is 0 Å². The van der Waals surface area contributed by atoms with E-state index in [0.29, 0.717) is 6.54 Å². The van der Waals surface area contributed by atoms with Crippen LogP contribution in [0.1, 0.15) is 46.1 Å². The van der Waals surface area contributed by atoms with Crippen LogP contribution in [0, 0.1) is 0 Å². The molecule has 9 nitrogen and oxygen atoms in total. The standard InChI is InChI=1S/C34H41ClN6O3/c1-41(21-7-9-24-13-17-27(43-2)18-14-24,22-8-10-25-15-19-28(44-3)20-16-25)23-29(26-11-5-4-6-12-26)38-34(42)30-32(36)40-33(37)31(35)39-30/h4-6,11-20,29H,7-10,21-23H2,1-3H3,(H4-,36,37,38,40,42)/p+1. The number of nitrogen functional groups attached to an aromatic ring is 2. The summed E-state index contributed by atoms with van der Waals surface area (Å²) in [4.78, 5) is 21.6. The summed E-state index contributed by atoms with van der Waals surface area (Å²) in [5.74, 6) is 1.17. The predicted octanol–water partition coefficient (Wildman–Crippen LogP) is 5.49. The molecule has 1 amide bonds. The van der Waals surface area contributed by atoms with Crippen LogP contribution in [0.5, 0.6) is 11.5 Å². The minimum absolute atomic E-state index is 0.0155. The van der Waals surface area contributed by atoms with Gasteiger partial charge in [0.25, 0.3) is 5.91 Å². The number of aryl methyl sites for hydroxylation is 2. The number of amides is 1. The van der Waals surface area contributed by atoms with Crippen LogP contribution in [-0.4, -0.2) is 61.3 Å². The van der Waals surface area contributed by atoms with Gasteiger partial charge >= 0.3 is 0 Å². The van der Waals surface area contributed by atoms with Gasteiger partial charge in [-0.05, 0) is 53.8 Å². The SMILES string of the molecule is COc1ccc(CCC[N+](C)(CCCc2ccc(OC)cc2)CC(NC(=O)c2nc(Cl)c(N)nc2N)c2ccccc2)cc1. The van der Waals surface area contributed by atoms with Gasteiger partial charge < -0.3 is 30.7 Å². The molecule has 0 bridgehead atoms. The Morgan fingerprint density at radius 1 is 0.818 bits per heavy atom. The maximum Gasteiger partial charge on any atom is 0.274 e. The Morgan fingerprint density at radius 2 is 1.34 bits per heavy atom. The lowest BCUT2D eigenvalue weighted by molar-refractivity contribution is -0.911. The number of aromatic nitrogens is 2. The van der Waals surface area contributed by atoms with Gasteiger partial charge in [0, 0.05) is 12.8 Å². The number of anilines is 2. The van der Waals surface area contributed by atoms with Crippen LogP contribution in [-0.2, 0) is 12.8 Å². The second-order valence-corrected chi connectivity index (χ2v) is 11.6. The number of hydrogen-bond donors (Lipinski definition) is 3. The summed E-state index contributed by atoms with van der Waals surface area (Å²) in [7, 11) is 5.61. The second kappa shape index (κ2) is 15.4. The van der Waals surface area contributed by atoms with Gasteiger partial charge in [0.2, 0.25) is 0 Å². The van der Waals surface area contributed by atoms with Crippen LogP contribution in [0.25, 0.3) is 0 Å². The van der Waals surface area contributed by atoms with E-state index in [-0.39, 0.29) is 28.5 Å². The minimum Gasteiger partial charge on any atom is -0.497 e. The lowest BCUT2D eigenvalue weighted by Gasteiger charge is -2.38. The molecule has 0 saturated carbocycles. The summed E-state index contributed by atoms with van der Waals surface area (Å²) in [5.41, 5.74) is 15.2. The fraction of sp³-hybridized carbons (Fsp3) is 0.324. The van der Waals surface area contributed by atoms with E-state index in [4.69, 9.17) is 32.5 Å². The molecule has 3 aromatic carbocycles. The molecule has 232 valence electrons. The summed E-state index contributed by atoms with van der Waals surface area (Å²) in [5, 5.41) is 3.11. The van der Waals surface area contributed by atoms with E-state index in [0.717, 1.165) is 60.3 Å². The summed E-state index contributed by atoms with van der Waals surface area (Å²) >= 11 is 6.09. The van der Waals surface area contributed by atoms with Gasteiger partial charge in [0.15, 0.2) is 22.5 Å². The quantitative estimate of drug-likeness (QED) is 0.151. The number of nitrogens with two attached hydrogens (primary N) is 2. The number of nitrogens with zero attached hydrogens (tertiary/aromatic N) is 3. The molecule has 44 heavy (non-hydrogen) atoms. The molecule has 0 saturated heterocycles. The molecule has 10 heteroatoms. The smallest absolute Gasteiger partial charge is 0.274 e. The molecule has 4 rings (SSSR count). The van der Waals surface area contributed by atoms with Crippen molar-refractivity contribution in [1.29, 1.82) is 0 Å². The summed E-state index contributed by atoms with van der Waals surface area (Å²) in [6.07, 6.45) is 3.84. The number of quaternary nitrogens is 1. The summed E-state index contributed by atoms with van der Waals surface area (Å²) in [6.45, 7) is 2.50. The van der Waals surface area contributed by atoms with Crippen molar-refractivity contribution in [3.63, 3.8) is 0 Å². The van der Waals surface area contributed by atoms with Crippen molar-refractivity contribution >= 4 is 29.1 Å². The number of hydrogen-bond acceptors (Lipinski definition) is 7. The zero-order valence-corrected chi connectivity index (χ0v) is 26.4. The first-order valence-electron chi connectivity index (χ1n) is 14.7. The first-order valence-corrected chi connectivity index (χ1v) is 15.1. The number of halogens is 1. The topological polar surface area (TPSA) is 125 Å². The monoisotopic (exact) mass is 617 g/mol. The van der Waals surface area contributed by atoms with E-state index in [9.17, 15) is 4.79 Å². The Labute approximate surface area is 264 Å². The molecule has 0 fully saturated rings. The number of nitrogens with one attached hydrogen (secondary N) is 1. The Kier molecular flexibility index (Phi) is 11.4. The van der Waals surface area contributed by atoms with Crippen molar-refractivity contribution in [2.45, 2.75) is 31.7 Å². The molecule has 0 aliphatic heterocycles. The average molecular weight is 618 g/mol. The van der Waals surface area contributed by atoms with Crippen LogP contribution in [0.15, 0.2) is 78.9 Å². The van der Waals surface area contributed by atoms with Crippen LogP contribution >= 0.6 is 11.6 Å². The Morgan fingerprint density at radius 3 is 1.84 bits per heavy atom. The zero-order valence-electron chi connectivity index (χ0n) is 25.6. The lowest BCUT2D eigenvalue weighted by Crippen LogP contribution is -2.51. The molecule has 1 aromatic heterocycles. The first kappa shape index (κ1) is 32.6. The van der Waals surface area contributed by atoms with Crippen molar-refractivity contribution in [1.82, 2.24) is 15.3 Å². The zero-order chi connectivity index (χ0) is 31.5. The van der Waals surface area contributed by atoms with Crippen molar-refractivity contribution in [3.05, 3.63) is 106 Å². The third-order valence-corrected chi connectivity index (χ3v) is 8.17. The van der Waals surface area contributed by atoms with E-state index >= 15 is 0 Å². The molecule has 1 unspecified atom stereocenters. The van der Waals surface area contributed by atoms with Gasteiger partial charge in [-0.25, -0.2) is 9.97 Å². The van der Waals surface area contributed by atoms with Gasteiger partial charge in [0.1, 0.15) is 24.1 Å².